The minimum absolute atomic E-state index is 0.119. The minimum Gasteiger partial charge on any atom is -0.454 e. The van der Waals surface area contributed by atoms with E-state index in [0.717, 1.165) is 42.7 Å². The number of para-hydroxylation sites is 1. The summed E-state index contributed by atoms with van der Waals surface area (Å²) in [6.07, 6.45) is 3.23. The van der Waals surface area contributed by atoms with Crippen molar-refractivity contribution in [2.45, 2.75) is 44.4 Å². The molecule has 1 aliphatic heterocycles. The van der Waals surface area contributed by atoms with Crippen LogP contribution in [-0.4, -0.2) is 30.0 Å². The standard InChI is InChI=1S/C21H24N2O4/c24-16-8-6-15(7-9-16)23-18-4-2-1-3-17(18)21(25)22-12-14-5-10-19-20(11-14)27-13-26-19/h1-5,10-11,15-16,23-24H,6-9,12-13H2,(H,22,25). The Hall–Kier alpha value is -2.73. The van der Waals surface area contributed by atoms with Gasteiger partial charge in [-0.25, -0.2) is 0 Å². The maximum atomic E-state index is 12.7. The molecule has 2 aliphatic rings. The fourth-order valence-corrected chi connectivity index (χ4v) is 3.58. The maximum absolute atomic E-state index is 12.7. The number of carbonyl (C=O) groups excluding carboxylic acids is 1. The van der Waals surface area contributed by atoms with Crippen LogP contribution >= 0.6 is 0 Å². The molecule has 1 amide bonds. The number of aliphatic hydroxyl groups excluding tert-OH is 1. The normalized spacial score (nSPS) is 20.9. The van der Waals surface area contributed by atoms with E-state index in [1.165, 1.54) is 0 Å². The number of hydrogen-bond acceptors (Lipinski definition) is 5. The van der Waals surface area contributed by atoms with Crippen LogP contribution in [0.5, 0.6) is 11.5 Å². The number of aliphatic hydroxyl groups is 1. The summed E-state index contributed by atoms with van der Waals surface area (Å²) in [4.78, 5) is 12.7. The van der Waals surface area contributed by atoms with Crippen molar-refractivity contribution in [3.63, 3.8) is 0 Å². The van der Waals surface area contributed by atoms with Gasteiger partial charge in [-0.2, -0.15) is 0 Å². The number of benzene rings is 2. The molecule has 3 N–H and O–H groups in total. The van der Waals surface area contributed by atoms with Crippen LogP contribution in [0.2, 0.25) is 0 Å². The lowest BCUT2D eigenvalue weighted by atomic mass is 9.93. The fraction of sp³-hybridized carbons (Fsp3) is 0.381. The molecule has 1 heterocycles. The van der Waals surface area contributed by atoms with Crippen LogP contribution in [-0.2, 0) is 6.54 Å². The second-order valence-electron chi connectivity index (χ2n) is 7.07. The quantitative estimate of drug-likeness (QED) is 0.756. The van der Waals surface area contributed by atoms with Crippen LogP contribution < -0.4 is 20.1 Å². The molecule has 1 aliphatic carbocycles. The molecule has 0 bridgehead atoms. The van der Waals surface area contributed by atoms with Gasteiger partial charge in [0.05, 0.1) is 11.7 Å². The first kappa shape index (κ1) is 17.7. The summed E-state index contributed by atoms with van der Waals surface area (Å²) in [5.74, 6) is 1.33. The van der Waals surface area contributed by atoms with Gasteiger partial charge in [-0.05, 0) is 55.5 Å². The molecule has 6 nitrogen and oxygen atoms in total. The molecule has 0 spiro atoms. The molecule has 142 valence electrons. The highest BCUT2D eigenvalue weighted by molar-refractivity contribution is 5.99. The molecule has 0 atom stereocenters. The SMILES string of the molecule is O=C(NCc1ccc2c(c1)OCO2)c1ccccc1NC1CCC(O)CC1. The monoisotopic (exact) mass is 368 g/mol. The van der Waals surface area contributed by atoms with Gasteiger partial charge in [0.15, 0.2) is 11.5 Å². The van der Waals surface area contributed by atoms with Crippen molar-refractivity contribution >= 4 is 11.6 Å². The Balaban J connectivity index is 1.40. The van der Waals surface area contributed by atoms with E-state index in [0.29, 0.717) is 17.9 Å². The zero-order chi connectivity index (χ0) is 18.6. The van der Waals surface area contributed by atoms with E-state index in [-0.39, 0.29) is 24.8 Å². The summed E-state index contributed by atoms with van der Waals surface area (Å²) in [6.45, 7) is 0.655. The van der Waals surface area contributed by atoms with E-state index in [1.807, 2.05) is 42.5 Å². The molecule has 0 unspecified atom stereocenters. The zero-order valence-corrected chi connectivity index (χ0v) is 15.1. The number of hydrogen-bond donors (Lipinski definition) is 3. The van der Waals surface area contributed by atoms with Gasteiger partial charge >= 0.3 is 0 Å². The number of rotatable bonds is 5. The molecule has 6 heteroatoms. The van der Waals surface area contributed by atoms with Crippen molar-refractivity contribution in [3.05, 3.63) is 53.6 Å². The smallest absolute Gasteiger partial charge is 0.253 e. The minimum atomic E-state index is -0.191. The molecule has 2 aromatic rings. The molecular weight excluding hydrogens is 344 g/mol. The van der Waals surface area contributed by atoms with Gasteiger partial charge in [0.1, 0.15) is 0 Å². The van der Waals surface area contributed by atoms with Crippen LogP contribution in [0.4, 0.5) is 5.69 Å². The van der Waals surface area contributed by atoms with Crippen molar-refractivity contribution in [2.24, 2.45) is 0 Å². The molecule has 0 saturated heterocycles. The average Bonchev–Trinajstić information content (AvgIpc) is 3.16. The predicted octanol–water partition coefficient (Wildman–Crippen LogP) is 3.06. The lowest BCUT2D eigenvalue weighted by Gasteiger charge is -2.27. The van der Waals surface area contributed by atoms with E-state index in [9.17, 15) is 9.90 Å². The summed E-state index contributed by atoms with van der Waals surface area (Å²) in [7, 11) is 0. The fourth-order valence-electron chi connectivity index (χ4n) is 3.58. The number of nitrogens with one attached hydrogen (secondary N) is 2. The Morgan fingerprint density at radius 2 is 1.81 bits per heavy atom. The number of ether oxygens (including phenoxy) is 2. The lowest BCUT2D eigenvalue weighted by molar-refractivity contribution is 0.0951. The maximum Gasteiger partial charge on any atom is 0.253 e. The average molecular weight is 368 g/mol. The van der Waals surface area contributed by atoms with E-state index in [1.54, 1.807) is 0 Å². The van der Waals surface area contributed by atoms with Gasteiger partial charge in [0, 0.05) is 18.3 Å². The topological polar surface area (TPSA) is 79.8 Å². The summed E-state index contributed by atoms with van der Waals surface area (Å²) in [6, 6.07) is 13.5. The van der Waals surface area contributed by atoms with Crippen LogP contribution in [0.1, 0.15) is 41.6 Å². The Bertz CT molecular complexity index is 816. The van der Waals surface area contributed by atoms with E-state index >= 15 is 0 Å². The molecule has 1 fully saturated rings. The Labute approximate surface area is 158 Å². The Morgan fingerprint density at radius 1 is 1.04 bits per heavy atom. The number of carbonyl (C=O) groups is 1. The molecule has 1 saturated carbocycles. The van der Waals surface area contributed by atoms with E-state index < -0.39 is 0 Å². The van der Waals surface area contributed by atoms with Gasteiger partial charge in [-0.3, -0.25) is 4.79 Å². The summed E-state index contributed by atoms with van der Waals surface area (Å²) in [5.41, 5.74) is 2.42. The van der Waals surface area contributed by atoms with E-state index in [4.69, 9.17) is 9.47 Å². The van der Waals surface area contributed by atoms with Crippen molar-refractivity contribution in [1.29, 1.82) is 0 Å². The van der Waals surface area contributed by atoms with Crippen LogP contribution in [0.3, 0.4) is 0 Å². The van der Waals surface area contributed by atoms with Gasteiger partial charge in [-0.1, -0.05) is 18.2 Å². The summed E-state index contributed by atoms with van der Waals surface area (Å²) < 4.78 is 10.7. The molecular formula is C21H24N2O4. The first-order chi connectivity index (χ1) is 13.2. The van der Waals surface area contributed by atoms with Crippen molar-refractivity contribution in [1.82, 2.24) is 5.32 Å². The Morgan fingerprint density at radius 3 is 2.67 bits per heavy atom. The number of amides is 1. The largest absolute Gasteiger partial charge is 0.454 e. The predicted molar refractivity (Wildman–Crippen MR) is 102 cm³/mol. The second-order valence-corrected chi connectivity index (χ2v) is 7.07. The van der Waals surface area contributed by atoms with Gasteiger partial charge in [0.2, 0.25) is 6.79 Å². The molecule has 0 aromatic heterocycles. The first-order valence-corrected chi connectivity index (χ1v) is 9.39. The van der Waals surface area contributed by atoms with E-state index in [2.05, 4.69) is 10.6 Å². The highest BCUT2D eigenvalue weighted by Gasteiger charge is 2.21. The summed E-state index contributed by atoms with van der Waals surface area (Å²) >= 11 is 0. The second kappa shape index (κ2) is 7.88. The van der Waals surface area contributed by atoms with Crippen LogP contribution in [0.15, 0.2) is 42.5 Å². The molecule has 0 radical (unpaired) electrons. The van der Waals surface area contributed by atoms with Gasteiger partial charge < -0.3 is 25.2 Å². The molecule has 2 aromatic carbocycles. The third kappa shape index (κ3) is 4.17. The van der Waals surface area contributed by atoms with Crippen LogP contribution in [0.25, 0.3) is 0 Å². The lowest BCUT2D eigenvalue weighted by Crippen LogP contribution is -2.30. The third-order valence-corrected chi connectivity index (χ3v) is 5.12. The van der Waals surface area contributed by atoms with Gasteiger partial charge in [0.25, 0.3) is 5.91 Å². The first-order valence-electron chi connectivity index (χ1n) is 9.39. The van der Waals surface area contributed by atoms with Crippen molar-refractivity contribution < 1.29 is 19.4 Å². The molecule has 27 heavy (non-hydrogen) atoms. The van der Waals surface area contributed by atoms with Crippen molar-refractivity contribution in [3.8, 4) is 11.5 Å². The highest BCUT2D eigenvalue weighted by Crippen LogP contribution is 2.32. The number of fused-ring (bicyclic) bond motifs is 1. The molecule has 4 rings (SSSR count). The van der Waals surface area contributed by atoms with Crippen LogP contribution in [0, 0.1) is 0 Å². The Kier molecular flexibility index (Phi) is 5.16. The van der Waals surface area contributed by atoms with Crippen molar-refractivity contribution in [2.75, 3.05) is 12.1 Å². The van der Waals surface area contributed by atoms with Gasteiger partial charge in [-0.15, -0.1) is 0 Å². The zero-order valence-electron chi connectivity index (χ0n) is 15.1. The summed E-state index contributed by atoms with van der Waals surface area (Å²) in [5, 5.41) is 16.1. The third-order valence-electron chi connectivity index (χ3n) is 5.12. The highest BCUT2D eigenvalue weighted by atomic mass is 16.7. The number of anilines is 1.